The lowest BCUT2D eigenvalue weighted by Crippen LogP contribution is -2.39. The number of carbonyl (C=O) groups is 1. The number of halogens is 1. The summed E-state index contributed by atoms with van der Waals surface area (Å²) >= 11 is 5.14. The van der Waals surface area contributed by atoms with Gasteiger partial charge in [0.15, 0.2) is 0 Å². The Kier molecular flexibility index (Phi) is 4.61. The second-order valence-electron chi connectivity index (χ2n) is 5.48. The van der Waals surface area contributed by atoms with E-state index in [1.807, 2.05) is 31.2 Å². The third kappa shape index (κ3) is 3.09. The molecule has 3 rings (SSSR count). The number of hydrogen-bond donors (Lipinski definition) is 1. The summed E-state index contributed by atoms with van der Waals surface area (Å²) in [7, 11) is 0. The standard InChI is InChI=1S/C16H17BrN2O2S/c1-10-4-2-5-11(18-10)15(13-7-8-14(17)22-13)19-9-3-6-12(19)16(20)21/h2,4-5,7-8,12,15H,3,6,9H2,1H3,(H,20,21). The molecule has 2 aromatic rings. The highest BCUT2D eigenvalue weighted by Gasteiger charge is 2.38. The normalized spacial score (nSPS) is 20.2. The van der Waals surface area contributed by atoms with E-state index in [2.05, 4.69) is 31.9 Å². The highest BCUT2D eigenvalue weighted by molar-refractivity contribution is 9.11. The van der Waals surface area contributed by atoms with Gasteiger partial charge in [0.05, 0.1) is 15.5 Å². The van der Waals surface area contributed by atoms with Crippen molar-refractivity contribution in [1.82, 2.24) is 9.88 Å². The number of rotatable bonds is 4. The van der Waals surface area contributed by atoms with Gasteiger partial charge >= 0.3 is 5.97 Å². The molecule has 1 saturated heterocycles. The van der Waals surface area contributed by atoms with Crippen LogP contribution in [0.15, 0.2) is 34.1 Å². The van der Waals surface area contributed by atoms with E-state index in [4.69, 9.17) is 0 Å². The minimum absolute atomic E-state index is 0.0974. The monoisotopic (exact) mass is 380 g/mol. The van der Waals surface area contributed by atoms with Crippen LogP contribution in [0.2, 0.25) is 0 Å². The van der Waals surface area contributed by atoms with Gasteiger partial charge in [0.1, 0.15) is 6.04 Å². The van der Waals surface area contributed by atoms with Crippen LogP contribution >= 0.6 is 27.3 Å². The Balaban J connectivity index is 2.05. The predicted molar refractivity (Wildman–Crippen MR) is 90.2 cm³/mol. The van der Waals surface area contributed by atoms with Gasteiger partial charge in [-0.05, 0) is 60.0 Å². The third-order valence-corrected chi connectivity index (χ3v) is 5.64. The van der Waals surface area contributed by atoms with Gasteiger partial charge in [-0.1, -0.05) is 6.07 Å². The number of aryl methyl sites for hydroxylation is 1. The van der Waals surface area contributed by atoms with Crippen LogP contribution < -0.4 is 0 Å². The maximum absolute atomic E-state index is 11.6. The van der Waals surface area contributed by atoms with Gasteiger partial charge in [0.2, 0.25) is 0 Å². The van der Waals surface area contributed by atoms with Gasteiger partial charge < -0.3 is 5.11 Å². The first-order valence-electron chi connectivity index (χ1n) is 7.23. The van der Waals surface area contributed by atoms with E-state index >= 15 is 0 Å². The van der Waals surface area contributed by atoms with Crippen molar-refractivity contribution >= 4 is 33.2 Å². The molecular weight excluding hydrogens is 364 g/mol. The smallest absolute Gasteiger partial charge is 0.320 e. The Hall–Kier alpha value is -1.24. The van der Waals surface area contributed by atoms with Gasteiger partial charge in [0.25, 0.3) is 0 Å². The first-order chi connectivity index (χ1) is 10.6. The molecule has 1 aliphatic heterocycles. The number of hydrogen-bond acceptors (Lipinski definition) is 4. The summed E-state index contributed by atoms with van der Waals surface area (Å²) in [6.07, 6.45) is 1.61. The fraction of sp³-hybridized carbons (Fsp3) is 0.375. The molecule has 2 aromatic heterocycles. The SMILES string of the molecule is Cc1cccc(C(c2ccc(Br)s2)N2CCCC2C(=O)O)n1. The van der Waals surface area contributed by atoms with Crippen molar-refractivity contribution in [3.63, 3.8) is 0 Å². The Morgan fingerprint density at radius 1 is 1.45 bits per heavy atom. The molecule has 0 aliphatic carbocycles. The summed E-state index contributed by atoms with van der Waals surface area (Å²) < 4.78 is 1.05. The summed E-state index contributed by atoms with van der Waals surface area (Å²) in [5.41, 5.74) is 1.87. The van der Waals surface area contributed by atoms with Gasteiger partial charge in [-0.15, -0.1) is 11.3 Å². The van der Waals surface area contributed by atoms with Crippen LogP contribution in [0, 0.1) is 6.92 Å². The van der Waals surface area contributed by atoms with Crippen LogP contribution in [0.5, 0.6) is 0 Å². The van der Waals surface area contributed by atoms with Crippen LogP contribution in [0.25, 0.3) is 0 Å². The van der Waals surface area contributed by atoms with E-state index in [0.29, 0.717) is 6.42 Å². The van der Waals surface area contributed by atoms with Gasteiger partial charge in [-0.2, -0.15) is 0 Å². The summed E-state index contributed by atoms with van der Waals surface area (Å²) in [6, 6.07) is 9.47. The van der Waals surface area contributed by atoms with Gasteiger partial charge in [0, 0.05) is 17.1 Å². The molecule has 6 heteroatoms. The highest BCUT2D eigenvalue weighted by Crippen LogP contribution is 2.38. The maximum atomic E-state index is 11.6. The maximum Gasteiger partial charge on any atom is 0.320 e. The first-order valence-corrected chi connectivity index (χ1v) is 8.84. The lowest BCUT2D eigenvalue weighted by molar-refractivity contribution is -0.142. The number of aliphatic carboxylic acids is 1. The Morgan fingerprint density at radius 3 is 2.91 bits per heavy atom. The molecule has 0 spiro atoms. The molecule has 0 aromatic carbocycles. The van der Waals surface area contributed by atoms with Gasteiger partial charge in [-0.3, -0.25) is 14.7 Å². The molecule has 0 radical (unpaired) electrons. The molecule has 0 amide bonds. The largest absolute Gasteiger partial charge is 0.480 e. The van der Waals surface area contributed by atoms with E-state index in [1.165, 1.54) is 0 Å². The second-order valence-corrected chi connectivity index (χ2v) is 7.98. The fourth-order valence-corrected chi connectivity index (χ4v) is 4.59. The van der Waals surface area contributed by atoms with E-state index in [9.17, 15) is 9.90 Å². The van der Waals surface area contributed by atoms with E-state index in [0.717, 1.165) is 33.0 Å². The number of pyridine rings is 1. The predicted octanol–water partition coefficient (Wildman–Crippen LogP) is 3.85. The quantitative estimate of drug-likeness (QED) is 0.874. The van der Waals surface area contributed by atoms with Crippen molar-refractivity contribution in [1.29, 1.82) is 0 Å². The molecule has 4 nitrogen and oxygen atoms in total. The zero-order valence-electron chi connectivity index (χ0n) is 12.2. The van der Waals surface area contributed by atoms with Crippen molar-refractivity contribution < 1.29 is 9.90 Å². The number of carboxylic acids is 1. The van der Waals surface area contributed by atoms with E-state index in [-0.39, 0.29) is 6.04 Å². The summed E-state index contributed by atoms with van der Waals surface area (Å²) in [6.45, 7) is 2.75. The number of thiophene rings is 1. The zero-order valence-corrected chi connectivity index (χ0v) is 14.6. The Bertz CT molecular complexity index is 688. The molecule has 2 atom stereocenters. The molecule has 0 bridgehead atoms. The Morgan fingerprint density at radius 2 is 2.27 bits per heavy atom. The molecule has 1 aliphatic rings. The molecule has 1 fully saturated rings. The zero-order chi connectivity index (χ0) is 15.7. The molecule has 116 valence electrons. The second kappa shape index (κ2) is 6.48. The van der Waals surface area contributed by atoms with Crippen LogP contribution in [0.1, 0.15) is 35.1 Å². The average molecular weight is 381 g/mol. The lowest BCUT2D eigenvalue weighted by Gasteiger charge is -2.30. The topological polar surface area (TPSA) is 53.4 Å². The van der Waals surface area contributed by atoms with Crippen molar-refractivity contribution in [2.24, 2.45) is 0 Å². The van der Waals surface area contributed by atoms with E-state index < -0.39 is 12.0 Å². The number of nitrogens with zero attached hydrogens (tertiary/aromatic N) is 2. The highest BCUT2D eigenvalue weighted by atomic mass is 79.9. The summed E-state index contributed by atoms with van der Waals surface area (Å²) in [4.78, 5) is 19.4. The minimum atomic E-state index is -0.745. The van der Waals surface area contributed by atoms with E-state index in [1.54, 1.807) is 11.3 Å². The van der Waals surface area contributed by atoms with Crippen molar-refractivity contribution in [2.75, 3.05) is 6.54 Å². The molecule has 22 heavy (non-hydrogen) atoms. The fourth-order valence-electron chi connectivity index (χ4n) is 3.03. The van der Waals surface area contributed by atoms with Crippen molar-refractivity contribution in [3.05, 3.63) is 50.4 Å². The lowest BCUT2D eigenvalue weighted by atomic mass is 10.1. The first kappa shape index (κ1) is 15.6. The molecule has 1 N–H and O–H groups in total. The molecule has 0 saturated carbocycles. The molecule has 3 heterocycles. The van der Waals surface area contributed by atoms with Crippen LogP contribution in [0.4, 0.5) is 0 Å². The van der Waals surface area contributed by atoms with Crippen LogP contribution in [-0.2, 0) is 4.79 Å². The van der Waals surface area contributed by atoms with Crippen molar-refractivity contribution in [3.8, 4) is 0 Å². The van der Waals surface area contributed by atoms with Crippen LogP contribution in [0.3, 0.4) is 0 Å². The molecular formula is C16H17BrN2O2S. The number of aromatic nitrogens is 1. The summed E-state index contributed by atoms with van der Waals surface area (Å²) in [5.74, 6) is -0.745. The van der Waals surface area contributed by atoms with Gasteiger partial charge in [-0.25, -0.2) is 0 Å². The van der Waals surface area contributed by atoms with Crippen molar-refractivity contribution in [2.45, 2.75) is 31.8 Å². The Labute approximate surface area is 141 Å². The third-order valence-electron chi connectivity index (χ3n) is 3.96. The summed E-state index contributed by atoms with van der Waals surface area (Å²) in [5, 5.41) is 9.52. The molecule has 2 unspecified atom stereocenters. The average Bonchev–Trinajstić information content (AvgIpc) is 3.09. The number of carboxylic acid groups (broad SMARTS) is 1. The number of likely N-dealkylation sites (tertiary alicyclic amines) is 1. The minimum Gasteiger partial charge on any atom is -0.480 e. The van der Waals surface area contributed by atoms with Crippen LogP contribution in [-0.4, -0.2) is 33.5 Å².